The maximum atomic E-state index is 10.9. The van der Waals surface area contributed by atoms with Crippen molar-refractivity contribution in [2.45, 2.75) is 26.4 Å². The van der Waals surface area contributed by atoms with Crippen LogP contribution in [0.4, 0.5) is 0 Å². The van der Waals surface area contributed by atoms with Crippen molar-refractivity contribution in [3.05, 3.63) is 12.2 Å². The summed E-state index contributed by atoms with van der Waals surface area (Å²) >= 11 is 0. The molecule has 1 saturated heterocycles. The fourth-order valence-corrected chi connectivity index (χ4v) is 1.35. The molecule has 1 aliphatic heterocycles. The summed E-state index contributed by atoms with van der Waals surface area (Å²) in [6.45, 7) is 5.08. The van der Waals surface area contributed by atoms with Crippen molar-refractivity contribution in [1.29, 1.82) is 0 Å². The van der Waals surface area contributed by atoms with Crippen LogP contribution in [0.5, 0.6) is 0 Å². The number of carbonyl (C=O) groups excluding carboxylic acids is 1. The van der Waals surface area contributed by atoms with Crippen LogP contribution < -0.4 is 0 Å². The molecule has 1 fully saturated rings. The van der Waals surface area contributed by atoms with E-state index in [1.54, 1.807) is 13.0 Å². The Balaban J connectivity index is 2.15. The van der Waals surface area contributed by atoms with Crippen LogP contribution >= 0.6 is 0 Å². The van der Waals surface area contributed by atoms with Gasteiger partial charge in [-0.15, -0.1) is 0 Å². The summed E-state index contributed by atoms with van der Waals surface area (Å²) in [5, 5.41) is 0. The standard InChI is InChI=1S/C10H16O3/c1-3-5-10(11)13-7-8-6-12-9(8)4-2/h3,5,8-9H,4,6-7H2,1-2H3. The monoisotopic (exact) mass is 184 g/mol. The molecule has 0 N–H and O–H groups in total. The molecular formula is C10H16O3. The van der Waals surface area contributed by atoms with E-state index in [0.717, 1.165) is 13.0 Å². The molecule has 3 heteroatoms. The summed E-state index contributed by atoms with van der Waals surface area (Å²) < 4.78 is 10.3. The van der Waals surface area contributed by atoms with Crippen LogP contribution in [0.25, 0.3) is 0 Å². The van der Waals surface area contributed by atoms with Gasteiger partial charge in [0.1, 0.15) is 0 Å². The second-order valence-electron chi connectivity index (χ2n) is 3.17. The first-order chi connectivity index (χ1) is 6.27. The molecule has 0 radical (unpaired) electrons. The lowest BCUT2D eigenvalue weighted by Gasteiger charge is -2.35. The summed E-state index contributed by atoms with van der Waals surface area (Å²) in [5.41, 5.74) is 0. The largest absolute Gasteiger partial charge is 0.462 e. The summed E-state index contributed by atoms with van der Waals surface area (Å²) in [6, 6.07) is 0. The molecular weight excluding hydrogens is 168 g/mol. The molecule has 74 valence electrons. The highest BCUT2D eigenvalue weighted by atomic mass is 16.5. The lowest BCUT2D eigenvalue weighted by atomic mass is 9.97. The topological polar surface area (TPSA) is 35.5 Å². The van der Waals surface area contributed by atoms with Gasteiger partial charge in [0.25, 0.3) is 0 Å². The molecule has 0 aromatic rings. The second-order valence-corrected chi connectivity index (χ2v) is 3.17. The third-order valence-electron chi connectivity index (χ3n) is 2.19. The zero-order chi connectivity index (χ0) is 9.68. The Hall–Kier alpha value is -0.830. The number of ether oxygens (including phenoxy) is 2. The fraction of sp³-hybridized carbons (Fsp3) is 0.700. The number of hydrogen-bond donors (Lipinski definition) is 0. The minimum absolute atomic E-state index is 0.260. The highest BCUT2D eigenvalue weighted by Gasteiger charge is 2.31. The molecule has 0 aromatic carbocycles. The molecule has 2 atom stereocenters. The number of esters is 1. The Kier molecular flexibility index (Phi) is 3.96. The van der Waals surface area contributed by atoms with E-state index in [-0.39, 0.29) is 5.97 Å². The van der Waals surface area contributed by atoms with E-state index in [1.807, 2.05) is 0 Å². The number of allylic oxidation sites excluding steroid dienone is 1. The molecule has 0 amide bonds. The van der Waals surface area contributed by atoms with Gasteiger partial charge in [0.05, 0.1) is 19.3 Å². The van der Waals surface area contributed by atoms with E-state index in [0.29, 0.717) is 18.6 Å². The Morgan fingerprint density at radius 2 is 2.46 bits per heavy atom. The van der Waals surface area contributed by atoms with Gasteiger partial charge in [0, 0.05) is 12.0 Å². The second kappa shape index (κ2) is 5.02. The van der Waals surface area contributed by atoms with Crippen LogP contribution in [0.1, 0.15) is 20.3 Å². The average molecular weight is 184 g/mol. The van der Waals surface area contributed by atoms with E-state index in [9.17, 15) is 4.79 Å². The van der Waals surface area contributed by atoms with Gasteiger partial charge in [0.2, 0.25) is 0 Å². The summed E-state index contributed by atoms with van der Waals surface area (Å²) in [4.78, 5) is 10.9. The normalized spacial score (nSPS) is 27.2. The molecule has 0 saturated carbocycles. The molecule has 1 rings (SSSR count). The molecule has 3 nitrogen and oxygen atoms in total. The van der Waals surface area contributed by atoms with Crippen molar-refractivity contribution in [2.24, 2.45) is 5.92 Å². The van der Waals surface area contributed by atoms with Crippen molar-refractivity contribution in [2.75, 3.05) is 13.2 Å². The first-order valence-electron chi connectivity index (χ1n) is 4.69. The lowest BCUT2D eigenvalue weighted by molar-refractivity contribution is -0.159. The quantitative estimate of drug-likeness (QED) is 0.491. The van der Waals surface area contributed by atoms with Crippen LogP contribution in [0.15, 0.2) is 12.2 Å². The van der Waals surface area contributed by atoms with Gasteiger partial charge in [-0.25, -0.2) is 4.79 Å². The zero-order valence-electron chi connectivity index (χ0n) is 8.16. The van der Waals surface area contributed by atoms with Gasteiger partial charge in [-0.3, -0.25) is 0 Å². The Morgan fingerprint density at radius 3 is 2.92 bits per heavy atom. The van der Waals surface area contributed by atoms with Crippen LogP contribution in [0.3, 0.4) is 0 Å². The molecule has 0 aliphatic carbocycles. The van der Waals surface area contributed by atoms with Crippen molar-refractivity contribution in [1.82, 2.24) is 0 Å². The third-order valence-corrected chi connectivity index (χ3v) is 2.19. The van der Waals surface area contributed by atoms with E-state index in [1.165, 1.54) is 6.08 Å². The van der Waals surface area contributed by atoms with E-state index in [2.05, 4.69) is 6.92 Å². The van der Waals surface area contributed by atoms with Crippen LogP contribution in [-0.4, -0.2) is 25.3 Å². The predicted molar refractivity (Wildman–Crippen MR) is 49.3 cm³/mol. The van der Waals surface area contributed by atoms with E-state index in [4.69, 9.17) is 9.47 Å². The van der Waals surface area contributed by atoms with Crippen LogP contribution in [0.2, 0.25) is 0 Å². The SMILES string of the molecule is CC=CC(=O)OCC1COC1CC. The first kappa shape index (κ1) is 10.3. The smallest absolute Gasteiger partial charge is 0.330 e. The Bertz CT molecular complexity index is 196. The summed E-state index contributed by atoms with van der Waals surface area (Å²) in [5.74, 6) is 0.142. The average Bonchev–Trinajstić information content (AvgIpc) is 2.04. The van der Waals surface area contributed by atoms with Gasteiger partial charge in [-0.1, -0.05) is 13.0 Å². The fourth-order valence-electron chi connectivity index (χ4n) is 1.35. The van der Waals surface area contributed by atoms with Crippen molar-refractivity contribution in [3.8, 4) is 0 Å². The minimum Gasteiger partial charge on any atom is -0.462 e. The Morgan fingerprint density at radius 1 is 1.69 bits per heavy atom. The third kappa shape index (κ3) is 2.84. The van der Waals surface area contributed by atoms with Crippen LogP contribution in [0, 0.1) is 5.92 Å². The van der Waals surface area contributed by atoms with Gasteiger partial charge in [-0.05, 0) is 13.3 Å². The van der Waals surface area contributed by atoms with Gasteiger partial charge < -0.3 is 9.47 Å². The van der Waals surface area contributed by atoms with Crippen LogP contribution in [-0.2, 0) is 14.3 Å². The maximum absolute atomic E-state index is 10.9. The van der Waals surface area contributed by atoms with E-state index >= 15 is 0 Å². The minimum atomic E-state index is -0.260. The van der Waals surface area contributed by atoms with Crippen molar-refractivity contribution >= 4 is 5.97 Å². The molecule has 0 bridgehead atoms. The Labute approximate surface area is 78.7 Å². The number of hydrogen-bond acceptors (Lipinski definition) is 3. The lowest BCUT2D eigenvalue weighted by Crippen LogP contribution is -2.42. The van der Waals surface area contributed by atoms with Crippen molar-refractivity contribution < 1.29 is 14.3 Å². The highest BCUT2D eigenvalue weighted by molar-refractivity contribution is 5.81. The van der Waals surface area contributed by atoms with Gasteiger partial charge in [-0.2, -0.15) is 0 Å². The molecule has 0 aromatic heterocycles. The highest BCUT2D eigenvalue weighted by Crippen LogP contribution is 2.23. The molecule has 13 heavy (non-hydrogen) atoms. The van der Waals surface area contributed by atoms with Crippen molar-refractivity contribution in [3.63, 3.8) is 0 Å². The van der Waals surface area contributed by atoms with Gasteiger partial charge >= 0.3 is 5.97 Å². The molecule has 0 spiro atoms. The molecule has 1 heterocycles. The van der Waals surface area contributed by atoms with Gasteiger partial charge in [0.15, 0.2) is 0 Å². The van der Waals surface area contributed by atoms with E-state index < -0.39 is 0 Å². The molecule has 1 aliphatic rings. The summed E-state index contributed by atoms with van der Waals surface area (Å²) in [6.07, 6.45) is 4.39. The molecule has 2 unspecified atom stereocenters. The zero-order valence-corrected chi connectivity index (χ0v) is 8.16. The first-order valence-corrected chi connectivity index (χ1v) is 4.69. The maximum Gasteiger partial charge on any atom is 0.330 e. The number of carbonyl (C=O) groups is 1. The number of rotatable bonds is 4. The summed E-state index contributed by atoms with van der Waals surface area (Å²) in [7, 11) is 0. The predicted octanol–water partition coefficient (Wildman–Crippen LogP) is 1.53.